The maximum absolute atomic E-state index is 11.8. The van der Waals surface area contributed by atoms with Gasteiger partial charge in [-0.15, -0.1) is 0 Å². The molecule has 1 N–H and O–H groups in total. The van der Waals surface area contributed by atoms with Gasteiger partial charge in [-0.3, -0.25) is 10.1 Å². The molecule has 2 rings (SSSR count). The summed E-state index contributed by atoms with van der Waals surface area (Å²) in [6, 6.07) is 1.45. The summed E-state index contributed by atoms with van der Waals surface area (Å²) in [7, 11) is 0. The number of aromatic amines is 1. The molecule has 0 atom stereocenters. The molecule has 0 aliphatic heterocycles. The molecule has 0 aromatic carbocycles. The number of hydrogen-bond acceptors (Lipinski definition) is 5. The Bertz CT molecular complexity index is 666. The van der Waals surface area contributed by atoms with Crippen LogP contribution in [0.4, 0.5) is 5.00 Å². The van der Waals surface area contributed by atoms with Gasteiger partial charge in [-0.05, 0) is 0 Å². The van der Waals surface area contributed by atoms with Gasteiger partial charge in [-0.1, -0.05) is 11.3 Å². The van der Waals surface area contributed by atoms with Crippen molar-refractivity contribution in [3.8, 4) is 11.4 Å². The van der Waals surface area contributed by atoms with Crippen LogP contribution in [0.2, 0.25) is 0 Å². The van der Waals surface area contributed by atoms with E-state index in [2.05, 4.69) is 9.97 Å². The van der Waals surface area contributed by atoms with Crippen LogP contribution in [-0.2, 0) is 0 Å². The highest BCUT2D eigenvalue weighted by Crippen LogP contribution is 2.28. The van der Waals surface area contributed by atoms with Crippen LogP contribution in [-0.4, -0.2) is 31.4 Å². The molecule has 0 bridgehead atoms. The maximum atomic E-state index is 11.8. The smallest absolute Gasteiger partial charge is 0.324 e. The number of nitro groups is 1. The first-order valence-electron chi connectivity index (χ1n) is 5.87. The van der Waals surface area contributed by atoms with Crippen molar-refractivity contribution in [2.75, 3.05) is 0 Å². The number of rotatable bonds is 3. The third kappa shape index (κ3) is 3.02. The van der Waals surface area contributed by atoms with E-state index in [-0.39, 0.29) is 5.00 Å². The van der Waals surface area contributed by atoms with Crippen LogP contribution >= 0.6 is 11.3 Å². The molecule has 2 aromatic heterocycles. The summed E-state index contributed by atoms with van der Waals surface area (Å²) in [6.07, 6.45) is 2.98. The number of aromatic nitrogens is 2. The minimum absolute atomic E-state index is 0.0575. The SMILES string of the molecule is CC(C)(C)/[N+]([O-])=C/c1c[nH]c(-c2csc([N+](=O)[O-])c2)n1. The van der Waals surface area contributed by atoms with Gasteiger partial charge in [0.05, 0.1) is 4.92 Å². The molecule has 0 saturated carbocycles. The Morgan fingerprint density at radius 2 is 2.10 bits per heavy atom. The van der Waals surface area contributed by atoms with Crippen LogP contribution in [0, 0.1) is 15.3 Å². The monoisotopic (exact) mass is 294 g/mol. The van der Waals surface area contributed by atoms with E-state index in [9.17, 15) is 15.3 Å². The van der Waals surface area contributed by atoms with E-state index in [0.29, 0.717) is 17.1 Å². The van der Waals surface area contributed by atoms with Gasteiger partial charge in [0.25, 0.3) is 0 Å². The van der Waals surface area contributed by atoms with E-state index in [0.717, 1.165) is 16.1 Å². The highest BCUT2D eigenvalue weighted by atomic mass is 32.1. The lowest BCUT2D eigenvalue weighted by Gasteiger charge is -2.17. The van der Waals surface area contributed by atoms with E-state index in [1.54, 1.807) is 32.3 Å². The fourth-order valence-electron chi connectivity index (χ4n) is 1.41. The summed E-state index contributed by atoms with van der Waals surface area (Å²) >= 11 is 1.04. The minimum Gasteiger partial charge on any atom is -0.623 e. The number of H-pyrrole nitrogens is 1. The normalized spacial score (nSPS) is 12.7. The average molecular weight is 294 g/mol. The fraction of sp³-hybridized carbons (Fsp3) is 0.333. The van der Waals surface area contributed by atoms with Gasteiger partial charge in [0, 0.05) is 44.0 Å². The number of thiophene rings is 1. The predicted octanol–water partition coefficient (Wildman–Crippen LogP) is 2.77. The van der Waals surface area contributed by atoms with E-state index in [4.69, 9.17) is 0 Å². The number of imidazole rings is 1. The molecule has 0 fully saturated rings. The Kier molecular flexibility index (Phi) is 3.58. The zero-order valence-corrected chi connectivity index (χ0v) is 12.1. The Hall–Kier alpha value is -2.22. The van der Waals surface area contributed by atoms with Gasteiger partial charge in [-0.2, -0.15) is 0 Å². The third-order valence-electron chi connectivity index (χ3n) is 2.55. The maximum Gasteiger partial charge on any atom is 0.324 e. The molecule has 2 heterocycles. The van der Waals surface area contributed by atoms with Gasteiger partial charge in [0.2, 0.25) is 6.21 Å². The molecule has 7 nitrogen and oxygen atoms in total. The lowest BCUT2D eigenvalue weighted by atomic mass is 10.1. The van der Waals surface area contributed by atoms with Crippen molar-refractivity contribution >= 4 is 22.6 Å². The number of hydrogen-bond donors (Lipinski definition) is 1. The van der Waals surface area contributed by atoms with Crippen molar-refractivity contribution in [3.05, 3.63) is 38.7 Å². The molecular formula is C12H14N4O3S. The second-order valence-electron chi connectivity index (χ2n) is 5.23. The third-order valence-corrected chi connectivity index (χ3v) is 3.43. The highest BCUT2D eigenvalue weighted by Gasteiger charge is 2.19. The molecule has 106 valence electrons. The molecule has 0 saturated heterocycles. The molecule has 0 aliphatic carbocycles. The number of hydroxylamine groups is 1. The second kappa shape index (κ2) is 5.04. The van der Waals surface area contributed by atoms with E-state index in [1.165, 1.54) is 12.3 Å². The van der Waals surface area contributed by atoms with Crippen molar-refractivity contribution < 1.29 is 9.66 Å². The largest absolute Gasteiger partial charge is 0.623 e. The zero-order chi connectivity index (χ0) is 14.9. The molecule has 20 heavy (non-hydrogen) atoms. The average Bonchev–Trinajstić information content (AvgIpc) is 2.94. The number of nitrogens with one attached hydrogen (secondary N) is 1. The van der Waals surface area contributed by atoms with E-state index >= 15 is 0 Å². The van der Waals surface area contributed by atoms with Gasteiger partial charge in [-0.25, -0.2) is 9.72 Å². The Morgan fingerprint density at radius 1 is 1.40 bits per heavy atom. The highest BCUT2D eigenvalue weighted by molar-refractivity contribution is 7.13. The minimum atomic E-state index is -0.541. The second-order valence-corrected chi connectivity index (χ2v) is 6.12. The van der Waals surface area contributed by atoms with Crippen LogP contribution in [0.1, 0.15) is 26.5 Å². The van der Waals surface area contributed by atoms with Crippen molar-refractivity contribution in [2.45, 2.75) is 26.3 Å². The van der Waals surface area contributed by atoms with Crippen LogP contribution in [0.15, 0.2) is 17.6 Å². The molecular weight excluding hydrogens is 280 g/mol. The summed E-state index contributed by atoms with van der Waals surface area (Å²) in [5, 5.41) is 24.1. The van der Waals surface area contributed by atoms with Crippen LogP contribution in [0.25, 0.3) is 11.4 Å². The van der Waals surface area contributed by atoms with Crippen molar-refractivity contribution in [1.82, 2.24) is 9.97 Å². The van der Waals surface area contributed by atoms with Crippen molar-refractivity contribution in [2.24, 2.45) is 0 Å². The zero-order valence-electron chi connectivity index (χ0n) is 11.3. The lowest BCUT2D eigenvalue weighted by Crippen LogP contribution is -2.29. The first-order valence-corrected chi connectivity index (χ1v) is 6.75. The molecule has 0 radical (unpaired) electrons. The van der Waals surface area contributed by atoms with Crippen LogP contribution in [0.3, 0.4) is 0 Å². The lowest BCUT2D eigenvalue weighted by molar-refractivity contribution is -0.530. The van der Waals surface area contributed by atoms with Crippen LogP contribution in [0.5, 0.6) is 0 Å². The molecule has 8 heteroatoms. The van der Waals surface area contributed by atoms with Gasteiger partial charge < -0.3 is 10.2 Å². The molecule has 0 aliphatic rings. The first kappa shape index (κ1) is 14.2. The number of nitrogens with zero attached hydrogens (tertiary/aromatic N) is 3. The Labute approximate surface area is 119 Å². The Morgan fingerprint density at radius 3 is 2.65 bits per heavy atom. The molecule has 0 amide bonds. The fourth-order valence-corrected chi connectivity index (χ4v) is 2.12. The first-order chi connectivity index (χ1) is 9.27. The van der Waals surface area contributed by atoms with Gasteiger partial charge in [0.15, 0.2) is 5.54 Å². The molecule has 0 spiro atoms. The summed E-state index contributed by atoms with van der Waals surface area (Å²) in [5.41, 5.74) is 0.577. The quantitative estimate of drug-likeness (QED) is 0.309. The van der Waals surface area contributed by atoms with E-state index < -0.39 is 10.5 Å². The molecule has 2 aromatic rings. The van der Waals surface area contributed by atoms with Gasteiger partial charge >= 0.3 is 5.00 Å². The standard InChI is InChI=1S/C12H14N4O3S/c1-12(2,3)15(17)6-9-5-13-11(14-9)8-4-10(16(18)19)20-7-8/h4-7H,1-3H3,(H,13,14)/b15-6-. The van der Waals surface area contributed by atoms with E-state index in [1.807, 2.05) is 0 Å². The predicted molar refractivity (Wildman–Crippen MR) is 77.1 cm³/mol. The molecule has 0 unspecified atom stereocenters. The summed E-state index contributed by atoms with van der Waals surface area (Å²) < 4.78 is 0.822. The van der Waals surface area contributed by atoms with Crippen molar-refractivity contribution in [3.63, 3.8) is 0 Å². The summed E-state index contributed by atoms with van der Waals surface area (Å²) in [5.74, 6) is 0.503. The Balaban J connectivity index is 2.27. The topological polar surface area (TPSA) is 97.9 Å². The van der Waals surface area contributed by atoms with Gasteiger partial charge in [0.1, 0.15) is 11.5 Å². The van der Waals surface area contributed by atoms with Crippen LogP contribution < -0.4 is 0 Å². The van der Waals surface area contributed by atoms with Crippen molar-refractivity contribution in [1.29, 1.82) is 0 Å². The summed E-state index contributed by atoms with van der Waals surface area (Å²) in [6.45, 7) is 5.39. The summed E-state index contributed by atoms with van der Waals surface area (Å²) in [4.78, 5) is 17.3.